The summed E-state index contributed by atoms with van der Waals surface area (Å²) in [5.41, 5.74) is 7.14. The second-order valence-electron chi connectivity index (χ2n) is 3.80. The molecule has 1 aromatic heterocycles. The maximum atomic E-state index is 6.09. The highest BCUT2D eigenvalue weighted by Crippen LogP contribution is 2.26. The molecule has 0 saturated heterocycles. The van der Waals surface area contributed by atoms with Gasteiger partial charge in [-0.05, 0) is 36.2 Å². The lowest BCUT2D eigenvalue weighted by molar-refractivity contribution is 0.186. The molecule has 5 heteroatoms. The topological polar surface area (TPSA) is 53.1 Å². The van der Waals surface area contributed by atoms with Gasteiger partial charge in [-0.3, -0.25) is 4.68 Å². The van der Waals surface area contributed by atoms with Crippen LogP contribution in [-0.2, 0) is 4.74 Å². The molecule has 86 valence electrons. The highest BCUT2D eigenvalue weighted by molar-refractivity contribution is 9.10. The van der Waals surface area contributed by atoms with E-state index in [-0.39, 0.29) is 6.04 Å². The number of hydrogen-bond acceptors (Lipinski definition) is 3. The number of rotatable bonds is 5. The molecule has 1 aromatic rings. The lowest BCUT2D eigenvalue weighted by Gasteiger charge is -2.17. The zero-order valence-electron chi connectivity index (χ0n) is 9.40. The summed E-state index contributed by atoms with van der Waals surface area (Å²) < 4.78 is 7.95. The van der Waals surface area contributed by atoms with Crippen LogP contribution in [-0.4, -0.2) is 23.5 Å². The van der Waals surface area contributed by atoms with Crippen LogP contribution in [0.2, 0.25) is 0 Å². The molecule has 0 aliphatic carbocycles. The van der Waals surface area contributed by atoms with Crippen LogP contribution in [0.25, 0.3) is 0 Å². The molecule has 0 amide bonds. The van der Waals surface area contributed by atoms with Crippen LogP contribution in [0.1, 0.15) is 38.0 Å². The van der Waals surface area contributed by atoms with Crippen molar-refractivity contribution in [2.24, 2.45) is 5.73 Å². The van der Waals surface area contributed by atoms with Gasteiger partial charge in [0.2, 0.25) is 0 Å². The zero-order valence-corrected chi connectivity index (χ0v) is 11.0. The van der Waals surface area contributed by atoms with E-state index in [9.17, 15) is 0 Å². The van der Waals surface area contributed by atoms with Gasteiger partial charge in [0.1, 0.15) is 0 Å². The summed E-state index contributed by atoms with van der Waals surface area (Å²) in [6.07, 6.45) is 2.59. The molecular weight excluding hydrogens is 258 g/mol. The lowest BCUT2D eigenvalue weighted by Crippen LogP contribution is -2.19. The standard InChI is InChI=1S/C10H18BrN3O/c1-7(2)14-10(8(11)6-13-14)9(12)4-5-15-3/h6-7,9H,4-5,12H2,1-3H3. The first-order chi connectivity index (χ1) is 7.07. The summed E-state index contributed by atoms with van der Waals surface area (Å²) in [4.78, 5) is 0. The second kappa shape index (κ2) is 5.63. The van der Waals surface area contributed by atoms with E-state index in [4.69, 9.17) is 10.5 Å². The maximum Gasteiger partial charge on any atom is 0.0697 e. The van der Waals surface area contributed by atoms with Gasteiger partial charge >= 0.3 is 0 Å². The van der Waals surface area contributed by atoms with Gasteiger partial charge in [-0.1, -0.05) is 0 Å². The number of nitrogens with zero attached hydrogens (tertiary/aromatic N) is 2. The van der Waals surface area contributed by atoms with E-state index in [1.807, 2.05) is 4.68 Å². The molecule has 0 saturated carbocycles. The normalized spacial score (nSPS) is 13.5. The van der Waals surface area contributed by atoms with Crippen molar-refractivity contribution in [1.29, 1.82) is 0 Å². The summed E-state index contributed by atoms with van der Waals surface area (Å²) in [6, 6.07) is 0.282. The van der Waals surface area contributed by atoms with Crippen molar-refractivity contribution in [3.8, 4) is 0 Å². The van der Waals surface area contributed by atoms with Crippen LogP contribution in [0.15, 0.2) is 10.7 Å². The molecule has 1 atom stereocenters. The van der Waals surface area contributed by atoms with Gasteiger partial charge in [-0.2, -0.15) is 5.10 Å². The zero-order chi connectivity index (χ0) is 11.4. The van der Waals surface area contributed by atoms with Gasteiger partial charge in [0.15, 0.2) is 0 Å². The average Bonchev–Trinajstić information content (AvgIpc) is 2.56. The molecule has 0 aliphatic heterocycles. The molecule has 0 aromatic carbocycles. The number of hydrogen-bond donors (Lipinski definition) is 1. The first-order valence-electron chi connectivity index (χ1n) is 5.05. The Labute approximate surface area is 98.9 Å². The van der Waals surface area contributed by atoms with Crippen molar-refractivity contribution in [3.05, 3.63) is 16.4 Å². The van der Waals surface area contributed by atoms with Crippen molar-refractivity contribution < 1.29 is 4.74 Å². The Morgan fingerprint density at radius 3 is 2.80 bits per heavy atom. The van der Waals surface area contributed by atoms with E-state index < -0.39 is 0 Å². The molecule has 0 radical (unpaired) electrons. The first-order valence-corrected chi connectivity index (χ1v) is 5.84. The Bertz CT molecular complexity index is 312. The highest BCUT2D eigenvalue weighted by Gasteiger charge is 2.17. The van der Waals surface area contributed by atoms with E-state index in [0.717, 1.165) is 16.6 Å². The van der Waals surface area contributed by atoms with Crippen LogP contribution in [0, 0.1) is 0 Å². The van der Waals surface area contributed by atoms with Gasteiger partial charge in [-0.25, -0.2) is 0 Å². The van der Waals surface area contributed by atoms with E-state index in [0.29, 0.717) is 12.6 Å². The third-order valence-electron chi connectivity index (χ3n) is 2.26. The second-order valence-corrected chi connectivity index (χ2v) is 4.66. The van der Waals surface area contributed by atoms with Crippen molar-refractivity contribution in [2.45, 2.75) is 32.4 Å². The minimum Gasteiger partial charge on any atom is -0.385 e. The van der Waals surface area contributed by atoms with Crippen LogP contribution in [0.4, 0.5) is 0 Å². The quantitative estimate of drug-likeness (QED) is 0.897. The molecule has 1 rings (SSSR count). The molecule has 0 spiro atoms. The van der Waals surface area contributed by atoms with Gasteiger partial charge in [0.05, 0.1) is 22.4 Å². The van der Waals surface area contributed by atoms with Crippen LogP contribution in [0.3, 0.4) is 0 Å². The third-order valence-corrected chi connectivity index (χ3v) is 2.87. The fourth-order valence-corrected chi connectivity index (χ4v) is 2.06. The average molecular weight is 276 g/mol. The fraction of sp³-hybridized carbons (Fsp3) is 0.700. The Balaban J connectivity index is 2.85. The summed E-state index contributed by atoms with van der Waals surface area (Å²) in [6.45, 7) is 4.84. The van der Waals surface area contributed by atoms with Crippen molar-refractivity contribution in [1.82, 2.24) is 9.78 Å². The van der Waals surface area contributed by atoms with Gasteiger partial charge in [0.25, 0.3) is 0 Å². The molecule has 0 aliphatic rings. The van der Waals surface area contributed by atoms with E-state index in [1.54, 1.807) is 13.3 Å². The van der Waals surface area contributed by atoms with Gasteiger partial charge in [-0.15, -0.1) is 0 Å². The summed E-state index contributed by atoms with van der Waals surface area (Å²) >= 11 is 3.47. The third kappa shape index (κ3) is 3.03. The smallest absolute Gasteiger partial charge is 0.0697 e. The Kier molecular flexibility index (Phi) is 4.76. The van der Waals surface area contributed by atoms with Crippen LogP contribution >= 0.6 is 15.9 Å². The largest absolute Gasteiger partial charge is 0.385 e. The summed E-state index contributed by atoms with van der Waals surface area (Å²) in [5.74, 6) is 0. The van der Waals surface area contributed by atoms with Gasteiger partial charge in [0, 0.05) is 19.8 Å². The number of ether oxygens (including phenoxy) is 1. The number of halogens is 1. The summed E-state index contributed by atoms with van der Waals surface area (Å²) in [7, 11) is 1.68. The number of aromatic nitrogens is 2. The van der Waals surface area contributed by atoms with Crippen LogP contribution in [0.5, 0.6) is 0 Å². The van der Waals surface area contributed by atoms with Crippen molar-refractivity contribution in [3.63, 3.8) is 0 Å². The Hall–Kier alpha value is -0.390. The minimum atomic E-state index is -0.0378. The molecule has 4 nitrogen and oxygen atoms in total. The van der Waals surface area contributed by atoms with E-state index in [2.05, 4.69) is 34.9 Å². The number of nitrogens with two attached hydrogens (primary N) is 1. The van der Waals surface area contributed by atoms with Crippen molar-refractivity contribution >= 4 is 15.9 Å². The summed E-state index contributed by atoms with van der Waals surface area (Å²) in [5, 5.41) is 4.29. The molecule has 0 fully saturated rings. The predicted octanol–water partition coefficient (Wildman–Crippen LogP) is 2.26. The maximum absolute atomic E-state index is 6.09. The molecular formula is C10H18BrN3O. The lowest BCUT2D eigenvalue weighted by atomic mass is 10.1. The van der Waals surface area contributed by atoms with E-state index in [1.165, 1.54) is 0 Å². The minimum absolute atomic E-state index is 0.0378. The van der Waals surface area contributed by atoms with E-state index >= 15 is 0 Å². The molecule has 0 bridgehead atoms. The monoisotopic (exact) mass is 275 g/mol. The highest BCUT2D eigenvalue weighted by atomic mass is 79.9. The van der Waals surface area contributed by atoms with Crippen molar-refractivity contribution in [2.75, 3.05) is 13.7 Å². The molecule has 15 heavy (non-hydrogen) atoms. The van der Waals surface area contributed by atoms with Crippen LogP contribution < -0.4 is 5.73 Å². The number of methoxy groups -OCH3 is 1. The first kappa shape index (κ1) is 12.7. The Morgan fingerprint density at radius 1 is 1.60 bits per heavy atom. The SMILES string of the molecule is COCCC(N)c1c(Br)cnn1C(C)C. The van der Waals surface area contributed by atoms with Gasteiger partial charge < -0.3 is 10.5 Å². The predicted molar refractivity (Wildman–Crippen MR) is 63.7 cm³/mol. The molecule has 2 N–H and O–H groups in total. The molecule has 1 unspecified atom stereocenters. The fourth-order valence-electron chi connectivity index (χ4n) is 1.49. The Morgan fingerprint density at radius 2 is 2.27 bits per heavy atom. The molecule has 1 heterocycles.